The molecule has 1 aromatic carbocycles. The minimum Gasteiger partial charge on any atom is -0.485 e. The molecule has 5 nitrogen and oxygen atoms in total. The van der Waals surface area contributed by atoms with E-state index in [4.69, 9.17) is 4.74 Å². The fourth-order valence-electron chi connectivity index (χ4n) is 3.50. The lowest BCUT2D eigenvalue weighted by Gasteiger charge is -2.34. The van der Waals surface area contributed by atoms with Crippen LogP contribution in [0.5, 0.6) is 5.75 Å². The number of nitrogens with zero attached hydrogens (tertiary/aromatic N) is 2. The zero-order valence-electron chi connectivity index (χ0n) is 13.7. The second-order valence-corrected chi connectivity index (χ2v) is 6.80. The van der Waals surface area contributed by atoms with Crippen molar-refractivity contribution in [3.8, 4) is 5.75 Å². The van der Waals surface area contributed by atoms with Crippen LogP contribution in [0.2, 0.25) is 0 Å². The Morgan fingerprint density at radius 1 is 1.13 bits per heavy atom. The van der Waals surface area contributed by atoms with E-state index in [1.807, 2.05) is 0 Å². The molecule has 0 N–H and O–H groups in total. The zero-order valence-corrected chi connectivity index (χ0v) is 13.7. The number of hydrogen-bond acceptors (Lipinski definition) is 4. The normalized spacial score (nSPS) is 19.0. The van der Waals surface area contributed by atoms with Gasteiger partial charge in [-0.05, 0) is 37.7 Å². The molecular weight excluding hydrogens is 292 g/mol. The average molecular weight is 318 g/mol. The maximum atomic E-state index is 11.0. The first-order chi connectivity index (χ1) is 11.2. The van der Waals surface area contributed by atoms with Gasteiger partial charge in [0.2, 0.25) is 0 Å². The van der Waals surface area contributed by atoms with Gasteiger partial charge in [-0.2, -0.15) is 0 Å². The van der Waals surface area contributed by atoms with Gasteiger partial charge in [-0.1, -0.05) is 31.4 Å². The van der Waals surface area contributed by atoms with Crippen LogP contribution in [0.25, 0.3) is 0 Å². The molecule has 0 unspecified atom stereocenters. The van der Waals surface area contributed by atoms with Gasteiger partial charge in [-0.25, -0.2) is 0 Å². The fraction of sp³-hybridized carbons (Fsp3) is 0.667. The molecule has 1 aromatic rings. The summed E-state index contributed by atoms with van der Waals surface area (Å²) in [5.74, 6) is 1.25. The molecule has 23 heavy (non-hydrogen) atoms. The van der Waals surface area contributed by atoms with E-state index in [0.29, 0.717) is 18.4 Å². The van der Waals surface area contributed by atoms with Crippen LogP contribution in [0.3, 0.4) is 0 Å². The van der Waals surface area contributed by atoms with Crippen molar-refractivity contribution in [2.24, 2.45) is 5.92 Å². The van der Waals surface area contributed by atoms with Crippen LogP contribution in [0, 0.1) is 16.0 Å². The molecule has 2 aliphatic rings. The summed E-state index contributed by atoms with van der Waals surface area (Å²) >= 11 is 0. The zero-order chi connectivity index (χ0) is 16.1. The molecule has 126 valence electrons. The van der Waals surface area contributed by atoms with E-state index in [1.165, 1.54) is 57.6 Å². The van der Waals surface area contributed by atoms with Gasteiger partial charge >= 0.3 is 5.69 Å². The van der Waals surface area contributed by atoms with Crippen LogP contribution in [0.1, 0.15) is 44.9 Å². The van der Waals surface area contributed by atoms with E-state index in [0.717, 1.165) is 12.5 Å². The molecule has 5 heteroatoms. The predicted octanol–water partition coefficient (Wildman–Crippen LogP) is 4.02. The highest BCUT2D eigenvalue weighted by molar-refractivity contribution is 5.45. The van der Waals surface area contributed by atoms with E-state index in [2.05, 4.69) is 4.90 Å². The Balaban J connectivity index is 1.55. The van der Waals surface area contributed by atoms with E-state index < -0.39 is 0 Å². The molecule has 2 fully saturated rings. The topological polar surface area (TPSA) is 55.6 Å². The number of rotatable bonds is 8. The highest BCUT2D eigenvalue weighted by atomic mass is 16.6. The molecule has 0 radical (unpaired) electrons. The number of ether oxygens (including phenoxy) is 1. The van der Waals surface area contributed by atoms with Gasteiger partial charge in [0.1, 0.15) is 6.61 Å². The maximum Gasteiger partial charge on any atom is 0.310 e. The third-order valence-corrected chi connectivity index (χ3v) is 4.98. The smallest absolute Gasteiger partial charge is 0.310 e. The summed E-state index contributed by atoms with van der Waals surface area (Å²) in [6, 6.07) is 7.32. The Morgan fingerprint density at radius 2 is 1.87 bits per heavy atom. The second kappa shape index (κ2) is 7.77. The van der Waals surface area contributed by atoms with Gasteiger partial charge in [0.25, 0.3) is 0 Å². The van der Waals surface area contributed by atoms with E-state index in [1.54, 1.807) is 18.2 Å². The minimum absolute atomic E-state index is 0.0545. The van der Waals surface area contributed by atoms with Crippen molar-refractivity contribution in [1.82, 2.24) is 4.90 Å². The molecule has 0 heterocycles. The lowest BCUT2D eigenvalue weighted by atomic mass is 9.94. The average Bonchev–Trinajstić information content (AvgIpc) is 3.39. The third kappa shape index (κ3) is 4.67. The van der Waals surface area contributed by atoms with Crippen LogP contribution in [-0.2, 0) is 0 Å². The number of benzene rings is 1. The van der Waals surface area contributed by atoms with Crippen molar-refractivity contribution in [3.63, 3.8) is 0 Å². The van der Waals surface area contributed by atoms with Crippen LogP contribution in [-0.4, -0.2) is 35.6 Å². The molecule has 0 bridgehead atoms. The summed E-state index contributed by atoms with van der Waals surface area (Å²) in [5.41, 5.74) is 0.0545. The number of nitro groups is 1. The SMILES string of the molecule is O=[N+]([O-])c1ccccc1OCCN(CC1CC1)C1CCCCC1. The minimum atomic E-state index is -0.377. The van der Waals surface area contributed by atoms with Gasteiger partial charge in [-0.3, -0.25) is 15.0 Å². The summed E-state index contributed by atoms with van der Waals surface area (Å²) in [4.78, 5) is 13.2. The van der Waals surface area contributed by atoms with Crippen molar-refractivity contribution < 1.29 is 9.66 Å². The van der Waals surface area contributed by atoms with Crippen LogP contribution in [0.15, 0.2) is 24.3 Å². The van der Waals surface area contributed by atoms with E-state index >= 15 is 0 Å². The number of hydrogen-bond donors (Lipinski definition) is 0. The molecule has 2 saturated carbocycles. The van der Waals surface area contributed by atoms with E-state index in [9.17, 15) is 10.1 Å². The maximum absolute atomic E-state index is 11.0. The van der Waals surface area contributed by atoms with Gasteiger partial charge in [0.15, 0.2) is 5.75 Å². The quantitative estimate of drug-likeness (QED) is 0.536. The summed E-state index contributed by atoms with van der Waals surface area (Å²) in [6.45, 7) is 2.56. The summed E-state index contributed by atoms with van der Waals surface area (Å²) < 4.78 is 5.74. The fourth-order valence-corrected chi connectivity index (χ4v) is 3.50. The van der Waals surface area contributed by atoms with Crippen molar-refractivity contribution in [3.05, 3.63) is 34.4 Å². The van der Waals surface area contributed by atoms with Gasteiger partial charge in [0, 0.05) is 25.2 Å². The summed E-state index contributed by atoms with van der Waals surface area (Å²) in [5, 5.41) is 11.0. The first-order valence-corrected chi connectivity index (χ1v) is 8.84. The Morgan fingerprint density at radius 3 is 2.57 bits per heavy atom. The number of para-hydroxylation sites is 2. The number of nitro benzene ring substituents is 1. The van der Waals surface area contributed by atoms with Crippen LogP contribution >= 0.6 is 0 Å². The third-order valence-electron chi connectivity index (χ3n) is 4.98. The van der Waals surface area contributed by atoms with Crippen molar-refractivity contribution in [1.29, 1.82) is 0 Å². The standard InChI is InChI=1S/C18H26N2O3/c21-20(22)17-8-4-5-9-18(17)23-13-12-19(14-15-10-11-15)16-6-2-1-3-7-16/h4-5,8-9,15-16H,1-3,6-7,10-14H2. The molecular formula is C18H26N2O3. The second-order valence-electron chi connectivity index (χ2n) is 6.80. The van der Waals surface area contributed by atoms with Gasteiger partial charge in [0.05, 0.1) is 4.92 Å². The lowest BCUT2D eigenvalue weighted by Crippen LogP contribution is -2.40. The molecule has 0 spiro atoms. The predicted molar refractivity (Wildman–Crippen MR) is 89.8 cm³/mol. The highest BCUT2D eigenvalue weighted by Gasteiger charge is 2.29. The van der Waals surface area contributed by atoms with Gasteiger partial charge < -0.3 is 4.74 Å². The van der Waals surface area contributed by atoms with Crippen molar-refractivity contribution in [2.45, 2.75) is 51.0 Å². The molecule has 0 atom stereocenters. The largest absolute Gasteiger partial charge is 0.485 e. The lowest BCUT2D eigenvalue weighted by molar-refractivity contribution is -0.385. The van der Waals surface area contributed by atoms with E-state index in [-0.39, 0.29) is 10.6 Å². The highest BCUT2D eigenvalue weighted by Crippen LogP contribution is 2.32. The Bertz CT molecular complexity index is 525. The molecule has 0 saturated heterocycles. The van der Waals surface area contributed by atoms with Crippen molar-refractivity contribution >= 4 is 5.69 Å². The van der Waals surface area contributed by atoms with Crippen molar-refractivity contribution in [2.75, 3.05) is 19.7 Å². The first kappa shape index (κ1) is 16.2. The first-order valence-electron chi connectivity index (χ1n) is 8.84. The van der Waals surface area contributed by atoms with Gasteiger partial charge in [-0.15, -0.1) is 0 Å². The Hall–Kier alpha value is -1.62. The monoisotopic (exact) mass is 318 g/mol. The summed E-state index contributed by atoms with van der Waals surface area (Å²) in [6.07, 6.45) is 9.31. The molecule has 0 aromatic heterocycles. The molecule has 0 aliphatic heterocycles. The Labute approximate surface area is 137 Å². The molecule has 3 rings (SSSR count). The Kier molecular flexibility index (Phi) is 5.49. The van der Waals surface area contributed by atoms with Crippen LogP contribution < -0.4 is 4.74 Å². The summed E-state index contributed by atoms with van der Waals surface area (Å²) in [7, 11) is 0. The van der Waals surface area contributed by atoms with Crippen LogP contribution in [0.4, 0.5) is 5.69 Å². The molecule has 0 amide bonds. The molecule has 2 aliphatic carbocycles.